The molecule has 27 heavy (non-hydrogen) atoms. The summed E-state index contributed by atoms with van der Waals surface area (Å²) < 4.78 is 36.3. The van der Waals surface area contributed by atoms with Crippen LogP contribution in [-0.2, 0) is 16.9 Å². The molecule has 0 N–H and O–H groups in total. The summed E-state index contributed by atoms with van der Waals surface area (Å²) in [5.74, 6) is -1.49. The van der Waals surface area contributed by atoms with Crippen LogP contribution in [-0.4, -0.2) is 21.4 Å². The number of halogens is 3. The Bertz CT molecular complexity index is 935. The molecule has 1 aliphatic rings. The van der Waals surface area contributed by atoms with E-state index in [1.165, 1.54) is 18.5 Å². The zero-order valence-electron chi connectivity index (χ0n) is 14.5. The molecule has 1 aromatic heterocycles. The Labute approximate surface area is 160 Å². The molecule has 4 rings (SSSR count). The Morgan fingerprint density at radius 1 is 1.22 bits per heavy atom. The lowest BCUT2D eigenvalue weighted by molar-refractivity contribution is -0.115. The standard InChI is InChI=1S/C20H18ClF2N3O/c21-18-6-2-1-4-15(18)16-5-3-9-27-20(16,11-26-13-24-12-25-26)17-8-7-14(22)10-19(17)23/h1-2,4,6-8,10,12-13,16H,3,5,9,11H2. The number of hydrogen-bond acceptors (Lipinski definition) is 3. The van der Waals surface area contributed by atoms with E-state index in [4.69, 9.17) is 16.3 Å². The zero-order chi connectivity index (χ0) is 18.9. The summed E-state index contributed by atoms with van der Waals surface area (Å²) in [6.45, 7) is 0.706. The maximum Gasteiger partial charge on any atom is 0.137 e. The summed E-state index contributed by atoms with van der Waals surface area (Å²) in [7, 11) is 0. The van der Waals surface area contributed by atoms with Crippen LogP contribution in [0, 0.1) is 11.6 Å². The second-order valence-corrected chi connectivity index (χ2v) is 7.08. The molecule has 0 saturated carbocycles. The van der Waals surface area contributed by atoms with E-state index >= 15 is 0 Å². The third-order valence-electron chi connectivity index (χ3n) is 5.09. The summed E-state index contributed by atoms with van der Waals surface area (Å²) in [6.07, 6.45) is 4.56. The first-order chi connectivity index (χ1) is 13.1. The van der Waals surface area contributed by atoms with Gasteiger partial charge in [0.25, 0.3) is 0 Å². The van der Waals surface area contributed by atoms with E-state index in [9.17, 15) is 8.78 Å². The minimum absolute atomic E-state index is 0.218. The first-order valence-corrected chi connectivity index (χ1v) is 9.14. The van der Waals surface area contributed by atoms with Crippen molar-refractivity contribution in [2.45, 2.75) is 30.9 Å². The van der Waals surface area contributed by atoms with Gasteiger partial charge in [0.1, 0.15) is 29.9 Å². The smallest absolute Gasteiger partial charge is 0.137 e. The number of benzene rings is 2. The van der Waals surface area contributed by atoms with Gasteiger partial charge in [-0.1, -0.05) is 35.9 Å². The molecule has 0 bridgehead atoms. The number of ether oxygens (including phenoxy) is 1. The van der Waals surface area contributed by atoms with Crippen LogP contribution < -0.4 is 0 Å². The van der Waals surface area contributed by atoms with Gasteiger partial charge in [-0.3, -0.25) is 0 Å². The summed E-state index contributed by atoms with van der Waals surface area (Å²) in [6, 6.07) is 11.1. The number of hydrogen-bond donors (Lipinski definition) is 0. The van der Waals surface area contributed by atoms with Crippen molar-refractivity contribution in [1.82, 2.24) is 14.8 Å². The van der Waals surface area contributed by atoms with Crippen LogP contribution >= 0.6 is 11.6 Å². The van der Waals surface area contributed by atoms with E-state index in [1.54, 1.807) is 11.0 Å². The van der Waals surface area contributed by atoms with Gasteiger partial charge in [-0.05, 0) is 30.5 Å². The average Bonchev–Trinajstić information content (AvgIpc) is 3.15. The largest absolute Gasteiger partial charge is 0.368 e. The van der Waals surface area contributed by atoms with Crippen molar-refractivity contribution in [3.8, 4) is 0 Å². The highest BCUT2D eigenvalue weighted by molar-refractivity contribution is 6.31. The second-order valence-electron chi connectivity index (χ2n) is 6.67. The first-order valence-electron chi connectivity index (χ1n) is 8.76. The van der Waals surface area contributed by atoms with Gasteiger partial charge in [0, 0.05) is 29.2 Å². The molecule has 1 aliphatic heterocycles. The lowest BCUT2D eigenvalue weighted by Crippen LogP contribution is -2.45. The Hall–Kier alpha value is -2.31. The Morgan fingerprint density at radius 2 is 2.07 bits per heavy atom. The van der Waals surface area contributed by atoms with Gasteiger partial charge in [-0.15, -0.1) is 0 Å². The quantitative estimate of drug-likeness (QED) is 0.649. The van der Waals surface area contributed by atoms with E-state index in [2.05, 4.69) is 10.1 Å². The molecular formula is C20H18ClF2N3O. The maximum atomic E-state index is 14.9. The molecule has 0 amide bonds. The van der Waals surface area contributed by atoms with Gasteiger partial charge < -0.3 is 4.74 Å². The SMILES string of the molecule is Fc1ccc(C2(Cn3cncn3)OCCCC2c2ccccc2Cl)c(F)c1. The van der Waals surface area contributed by atoms with Gasteiger partial charge in [0.05, 0.1) is 6.54 Å². The maximum absolute atomic E-state index is 14.9. The fourth-order valence-corrected chi connectivity index (χ4v) is 4.20. The Balaban J connectivity index is 1.90. The molecule has 0 radical (unpaired) electrons. The molecule has 2 unspecified atom stereocenters. The molecule has 7 heteroatoms. The van der Waals surface area contributed by atoms with Crippen molar-refractivity contribution in [3.05, 3.63) is 82.9 Å². The van der Waals surface area contributed by atoms with Gasteiger partial charge in [0.15, 0.2) is 0 Å². The molecule has 0 aliphatic carbocycles. The number of rotatable bonds is 4. The second kappa shape index (κ2) is 7.37. The van der Waals surface area contributed by atoms with Crippen LogP contribution in [0.25, 0.3) is 0 Å². The van der Waals surface area contributed by atoms with E-state index < -0.39 is 17.2 Å². The lowest BCUT2D eigenvalue weighted by Gasteiger charge is -2.45. The normalized spacial score (nSPS) is 22.7. The van der Waals surface area contributed by atoms with Crippen LogP contribution in [0.4, 0.5) is 8.78 Å². The molecule has 3 aromatic rings. The van der Waals surface area contributed by atoms with Crippen molar-refractivity contribution in [2.24, 2.45) is 0 Å². The first kappa shape index (κ1) is 18.1. The fourth-order valence-electron chi connectivity index (χ4n) is 3.93. The van der Waals surface area contributed by atoms with Gasteiger partial charge in [0.2, 0.25) is 0 Å². The Kier molecular flexibility index (Phi) is 4.93. The van der Waals surface area contributed by atoms with Crippen LogP contribution in [0.1, 0.15) is 29.9 Å². The molecule has 140 valence electrons. The van der Waals surface area contributed by atoms with E-state index in [0.29, 0.717) is 17.2 Å². The van der Waals surface area contributed by atoms with Crippen LogP contribution in [0.3, 0.4) is 0 Å². The predicted octanol–water partition coefficient (Wildman–Crippen LogP) is 4.70. The van der Waals surface area contributed by atoms with Gasteiger partial charge in [-0.25, -0.2) is 18.4 Å². The molecule has 1 fully saturated rings. The molecule has 2 heterocycles. The minimum atomic E-state index is -1.07. The van der Waals surface area contributed by atoms with Crippen LogP contribution in [0.2, 0.25) is 5.02 Å². The van der Waals surface area contributed by atoms with Crippen LogP contribution in [0.5, 0.6) is 0 Å². The molecule has 4 nitrogen and oxygen atoms in total. The highest BCUT2D eigenvalue weighted by Gasteiger charge is 2.47. The van der Waals surface area contributed by atoms with Crippen molar-refractivity contribution in [2.75, 3.05) is 6.61 Å². The monoisotopic (exact) mass is 389 g/mol. The van der Waals surface area contributed by atoms with Crippen molar-refractivity contribution < 1.29 is 13.5 Å². The van der Waals surface area contributed by atoms with Crippen molar-refractivity contribution in [1.29, 1.82) is 0 Å². The molecular weight excluding hydrogens is 372 g/mol. The predicted molar refractivity (Wildman–Crippen MR) is 97.4 cm³/mol. The molecule has 2 atom stereocenters. The molecule has 1 saturated heterocycles. The summed E-state index contributed by atoms with van der Waals surface area (Å²) in [5, 5.41) is 4.77. The topological polar surface area (TPSA) is 39.9 Å². The highest BCUT2D eigenvalue weighted by Crippen LogP contribution is 2.49. The third kappa shape index (κ3) is 3.35. The summed E-state index contributed by atoms with van der Waals surface area (Å²) >= 11 is 6.48. The minimum Gasteiger partial charge on any atom is -0.368 e. The zero-order valence-corrected chi connectivity index (χ0v) is 15.2. The van der Waals surface area contributed by atoms with Crippen molar-refractivity contribution in [3.63, 3.8) is 0 Å². The summed E-state index contributed by atoms with van der Waals surface area (Å²) in [5.41, 5.74) is 0.0982. The number of nitrogens with zero attached hydrogens (tertiary/aromatic N) is 3. The lowest BCUT2D eigenvalue weighted by atomic mass is 9.73. The van der Waals surface area contributed by atoms with Gasteiger partial charge >= 0.3 is 0 Å². The number of aromatic nitrogens is 3. The molecule has 0 spiro atoms. The molecule has 2 aromatic carbocycles. The van der Waals surface area contributed by atoms with E-state index in [-0.39, 0.29) is 12.5 Å². The average molecular weight is 390 g/mol. The van der Waals surface area contributed by atoms with Gasteiger partial charge in [-0.2, -0.15) is 5.10 Å². The van der Waals surface area contributed by atoms with Crippen molar-refractivity contribution >= 4 is 11.6 Å². The van der Waals surface area contributed by atoms with Crippen LogP contribution in [0.15, 0.2) is 55.1 Å². The third-order valence-corrected chi connectivity index (χ3v) is 5.44. The van der Waals surface area contributed by atoms with E-state index in [0.717, 1.165) is 24.5 Å². The fraction of sp³-hybridized carbons (Fsp3) is 0.300. The highest BCUT2D eigenvalue weighted by atomic mass is 35.5. The summed E-state index contributed by atoms with van der Waals surface area (Å²) in [4.78, 5) is 3.98. The van der Waals surface area contributed by atoms with E-state index in [1.807, 2.05) is 24.3 Å². The Morgan fingerprint density at radius 3 is 2.81 bits per heavy atom.